The average molecular weight is 419 g/mol. The highest BCUT2D eigenvalue weighted by atomic mass is 35.5. The summed E-state index contributed by atoms with van der Waals surface area (Å²) < 4.78 is 20.2. The number of amides is 1. The molecule has 0 aromatic heterocycles. The van der Waals surface area contributed by atoms with E-state index in [0.717, 1.165) is 5.69 Å². The van der Waals surface area contributed by atoms with Crippen molar-refractivity contribution in [3.63, 3.8) is 0 Å². The number of rotatable bonds is 5. The van der Waals surface area contributed by atoms with Crippen molar-refractivity contribution < 1.29 is 18.6 Å². The number of para-hydroxylation sites is 2. The summed E-state index contributed by atoms with van der Waals surface area (Å²) in [5.41, 5.74) is 1.36. The van der Waals surface area contributed by atoms with Gasteiger partial charge in [0, 0.05) is 11.2 Å². The Morgan fingerprint density at radius 1 is 1.24 bits per heavy atom. The van der Waals surface area contributed by atoms with Gasteiger partial charge in [-0.15, -0.1) is 4.68 Å². The van der Waals surface area contributed by atoms with E-state index in [2.05, 4.69) is 21.0 Å². The van der Waals surface area contributed by atoms with Crippen LogP contribution < -0.4 is 10.6 Å². The summed E-state index contributed by atoms with van der Waals surface area (Å²) in [5.74, 6) is -0.487. The molecule has 0 radical (unpaired) electrons. The van der Waals surface area contributed by atoms with Crippen molar-refractivity contribution >= 4 is 41.0 Å². The zero-order valence-corrected chi connectivity index (χ0v) is 17.1. The summed E-state index contributed by atoms with van der Waals surface area (Å²) in [5, 5.41) is 14.3. The predicted octanol–water partition coefficient (Wildman–Crippen LogP) is 5.40. The molecule has 2 aromatic carbocycles. The molecule has 1 amide bonds. The molecule has 9 heteroatoms. The van der Waals surface area contributed by atoms with Gasteiger partial charge in [-0.1, -0.05) is 23.7 Å². The van der Waals surface area contributed by atoms with Gasteiger partial charge in [0.1, 0.15) is 16.6 Å². The molecule has 0 aliphatic carbocycles. The molecule has 29 heavy (non-hydrogen) atoms. The lowest BCUT2D eigenvalue weighted by Gasteiger charge is -2.20. The van der Waals surface area contributed by atoms with Gasteiger partial charge in [0.15, 0.2) is 11.9 Å². The van der Waals surface area contributed by atoms with Gasteiger partial charge in [-0.3, -0.25) is 5.32 Å². The van der Waals surface area contributed by atoms with Crippen LogP contribution in [0.3, 0.4) is 0 Å². The average Bonchev–Trinajstić information content (AvgIpc) is 3.11. The lowest BCUT2D eigenvalue weighted by Crippen LogP contribution is -2.27. The predicted molar refractivity (Wildman–Crippen MR) is 111 cm³/mol. The smallest absolute Gasteiger partial charge is 0.412 e. The fourth-order valence-electron chi connectivity index (χ4n) is 2.58. The maximum absolute atomic E-state index is 13.3. The number of hydrogen-bond donors (Lipinski definition) is 2. The van der Waals surface area contributed by atoms with Crippen LogP contribution >= 0.6 is 11.6 Å². The summed E-state index contributed by atoms with van der Waals surface area (Å²) in [6, 6.07) is 11.4. The number of halogens is 2. The Hall–Kier alpha value is -3.00. The van der Waals surface area contributed by atoms with Crippen LogP contribution in [0.4, 0.5) is 26.2 Å². The molecule has 152 valence electrons. The van der Waals surface area contributed by atoms with Crippen LogP contribution in [0.15, 0.2) is 52.8 Å². The molecule has 2 N–H and O–H groups in total. The minimum absolute atomic E-state index is 0.0230. The first-order valence-corrected chi connectivity index (χ1v) is 9.42. The van der Waals surface area contributed by atoms with E-state index in [4.69, 9.17) is 16.3 Å². The van der Waals surface area contributed by atoms with Crippen molar-refractivity contribution in [3.8, 4) is 0 Å². The molecular weight excluding hydrogens is 397 g/mol. The summed E-state index contributed by atoms with van der Waals surface area (Å²) >= 11 is 5.82. The van der Waals surface area contributed by atoms with Gasteiger partial charge in [-0.05, 0) is 45.0 Å². The number of nitrogens with zero attached hydrogens (tertiary/aromatic N) is 3. The fourth-order valence-corrected chi connectivity index (χ4v) is 2.75. The second-order valence-electron chi connectivity index (χ2n) is 7.42. The van der Waals surface area contributed by atoms with E-state index in [9.17, 15) is 9.18 Å². The van der Waals surface area contributed by atoms with Crippen LogP contribution in [-0.4, -0.2) is 35.2 Å². The Bertz CT molecular complexity index is 972. The van der Waals surface area contributed by atoms with E-state index < -0.39 is 17.5 Å². The van der Waals surface area contributed by atoms with E-state index in [1.54, 1.807) is 43.8 Å². The summed E-state index contributed by atoms with van der Waals surface area (Å²) in [7, 11) is 0. The van der Waals surface area contributed by atoms with Gasteiger partial charge in [0.05, 0.1) is 22.9 Å². The first-order valence-electron chi connectivity index (χ1n) is 9.04. The summed E-state index contributed by atoms with van der Waals surface area (Å²) in [6.07, 6.45) is 1.26. The van der Waals surface area contributed by atoms with E-state index in [-0.39, 0.29) is 11.1 Å². The van der Waals surface area contributed by atoms with E-state index >= 15 is 0 Å². The lowest BCUT2D eigenvalue weighted by molar-refractivity contribution is -0.444. The second-order valence-corrected chi connectivity index (χ2v) is 7.82. The Balaban J connectivity index is 1.64. The largest absolute Gasteiger partial charge is 0.444 e. The zero-order valence-electron chi connectivity index (χ0n) is 16.3. The van der Waals surface area contributed by atoms with E-state index in [1.165, 1.54) is 12.1 Å². The Kier molecular flexibility index (Phi) is 6.12. The van der Waals surface area contributed by atoms with Crippen molar-refractivity contribution in [2.24, 2.45) is 10.3 Å². The minimum Gasteiger partial charge on any atom is -0.444 e. The van der Waals surface area contributed by atoms with Crippen LogP contribution in [0.1, 0.15) is 20.8 Å². The number of hydrogen-bond acceptors (Lipinski definition) is 5. The van der Waals surface area contributed by atoms with Crippen LogP contribution in [0.2, 0.25) is 5.02 Å². The number of ether oxygens (including phenoxy) is 1. The Morgan fingerprint density at radius 3 is 2.66 bits per heavy atom. The second kappa shape index (κ2) is 8.57. The highest BCUT2D eigenvalue weighted by molar-refractivity contribution is 6.30. The van der Waals surface area contributed by atoms with Crippen molar-refractivity contribution in [1.82, 2.24) is 0 Å². The number of carbonyl (C=O) groups excluding carboxylic acids is 1. The molecule has 3 rings (SSSR count). The van der Waals surface area contributed by atoms with Gasteiger partial charge < -0.3 is 10.1 Å². The third kappa shape index (κ3) is 5.74. The number of benzene rings is 2. The standard InChI is InChI=1S/C20H21ClFN5O2/c1-20(2,3)29-19(28)24-18-7-5-4-6-17(18)23-11-13-12-27(26-25-13)14-8-9-16(22)15(21)10-14/h4-10,12-13H,11H2,1-3H3,(H-,23,24,25,26,28)/p+1. The number of nitrogens with one attached hydrogen (secondary N) is 2. The van der Waals surface area contributed by atoms with Crippen LogP contribution in [0, 0.1) is 5.82 Å². The molecule has 1 aliphatic heterocycles. The van der Waals surface area contributed by atoms with Crippen molar-refractivity contribution in [2.45, 2.75) is 32.4 Å². The van der Waals surface area contributed by atoms with Crippen LogP contribution in [0.25, 0.3) is 0 Å². The lowest BCUT2D eigenvalue weighted by atomic mass is 10.2. The fraction of sp³-hybridized carbons (Fsp3) is 0.300. The molecule has 0 fully saturated rings. The molecule has 0 bridgehead atoms. The molecule has 1 unspecified atom stereocenters. The maximum Gasteiger partial charge on any atom is 0.412 e. The molecular formula is C20H22ClFN5O2+. The van der Waals surface area contributed by atoms with Gasteiger partial charge >= 0.3 is 6.09 Å². The summed E-state index contributed by atoms with van der Waals surface area (Å²) in [6.45, 7) is 5.86. The molecule has 0 spiro atoms. The molecule has 7 nitrogen and oxygen atoms in total. The van der Waals surface area contributed by atoms with Crippen LogP contribution in [-0.2, 0) is 4.74 Å². The van der Waals surface area contributed by atoms with Gasteiger partial charge in [0.2, 0.25) is 6.04 Å². The summed E-state index contributed by atoms with van der Waals surface area (Å²) in [4.78, 5) is 12.0. The highest BCUT2D eigenvalue weighted by Crippen LogP contribution is 2.24. The van der Waals surface area contributed by atoms with Gasteiger partial charge in [-0.25, -0.2) is 9.18 Å². The normalized spacial score (nSPS) is 15.8. The molecule has 1 aliphatic rings. The number of anilines is 2. The molecule has 1 atom stereocenters. The quantitative estimate of drug-likeness (QED) is 0.638. The third-order valence-corrected chi connectivity index (χ3v) is 4.13. The molecule has 2 aromatic rings. The van der Waals surface area contributed by atoms with Gasteiger partial charge in [-0.2, -0.15) is 0 Å². The monoisotopic (exact) mass is 418 g/mol. The molecule has 0 saturated carbocycles. The molecule has 0 saturated heterocycles. The van der Waals surface area contributed by atoms with Crippen LogP contribution in [0.5, 0.6) is 0 Å². The first kappa shape index (κ1) is 20.7. The van der Waals surface area contributed by atoms with Gasteiger partial charge in [0.25, 0.3) is 0 Å². The van der Waals surface area contributed by atoms with Crippen molar-refractivity contribution in [3.05, 3.63) is 53.3 Å². The Labute approximate surface area is 173 Å². The third-order valence-electron chi connectivity index (χ3n) is 3.84. The minimum atomic E-state index is -0.585. The maximum atomic E-state index is 13.3. The van der Waals surface area contributed by atoms with Crippen molar-refractivity contribution in [1.29, 1.82) is 0 Å². The first-order chi connectivity index (χ1) is 13.7. The van der Waals surface area contributed by atoms with E-state index in [1.807, 2.05) is 18.2 Å². The van der Waals surface area contributed by atoms with Crippen molar-refractivity contribution in [2.75, 3.05) is 17.2 Å². The topological polar surface area (TPSA) is 78.1 Å². The zero-order chi connectivity index (χ0) is 21.0. The van der Waals surface area contributed by atoms with E-state index in [0.29, 0.717) is 17.9 Å². The number of carbonyl (C=O) groups is 1. The Morgan fingerprint density at radius 2 is 1.97 bits per heavy atom. The highest BCUT2D eigenvalue weighted by Gasteiger charge is 2.24. The molecule has 1 heterocycles. The SMILES string of the molecule is CC(C)(C)OC(=O)Nc1ccccc1NCC1C=[N+](c2ccc(F)c(Cl)c2)N=N1.